The maximum atomic E-state index is 11.6. The van der Waals surface area contributed by atoms with Crippen molar-refractivity contribution in [1.82, 2.24) is 4.98 Å². The van der Waals surface area contributed by atoms with Crippen molar-refractivity contribution in [2.24, 2.45) is 7.05 Å². The summed E-state index contributed by atoms with van der Waals surface area (Å²) >= 11 is 0. The smallest absolute Gasteiger partial charge is 0.391 e. The molecule has 1 aromatic carbocycles. The van der Waals surface area contributed by atoms with Gasteiger partial charge in [0.15, 0.2) is 11.6 Å². The molecule has 3 N–H and O–H groups in total. The van der Waals surface area contributed by atoms with Crippen molar-refractivity contribution < 1.29 is 38.1 Å². The number of aryl methyl sites for hydroxylation is 1. The van der Waals surface area contributed by atoms with E-state index in [4.69, 9.17) is 5.73 Å². The van der Waals surface area contributed by atoms with Crippen molar-refractivity contribution in [1.29, 1.82) is 0 Å². The van der Waals surface area contributed by atoms with Crippen LogP contribution >= 0.6 is 0 Å². The van der Waals surface area contributed by atoms with Crippen LogP contribution in [0, 0.1) is 6.92 Å². The van der Waals surface area contributed by atoms with Gasteiger partial charge in [0.05, 0.1) is 12.7 Å². The van der Waals surface area contributed by atoms with Crippen LogP contribution in [0.2, 0.25) is 0 Å². The summed E-state index contributed by atoms with van der Waals surface area (Å²) in [7, 11) is 1.83. The molecule has 23 heavy (non-hydrogen) atoms. The Balaban J connectivity index is 0.00000264. The highest BCUT2D eigenvalue weighted by Crippen LogP contribution is 2.20. The second-order valence-electron chi connectivity index (χ2n) is 5.24. The van der Waals surface area contributed by atoms with Crippen molar-refractivity contribution in [3.05, 3.63) is 41.1 Å². The van der Waals surface area contributed by atoms with E-state index in [-0.39, 0.29) is 35.5 Å². The van der Waals surface area contributed by atoms with Crippen LogP contribution in [0.1, 0.15) is 40.3 Å². The van der Waals surface area contributed by atoms with Crippen molar-refractivity contribution >= 4 is 29.0 Å². The molecule has 122 valence electrons. The number of Topliss-reactive ketones (excluding diaryl/α,β-unsaturated/α-hetero) is 2. The number of hydrogen-bond donors (Lipinski definition) is 2. The number of anilines is 3. The average molecular weight is 426 g/mol. The molecule has 6 nitrogen and oxygen atoms in total. The van der Waals surface area contributed by atoms with Gasteiger partial charge in [0, 0.05) is 22.9 Å². The lowest BCUT2D eigenvalue weighted by Gasteiger charge is -2.09. The summed E-state index contributed by atoms with van der Waals surface area (Å²) in [4.78, 5) is 27.4. The fourth-order valence-corrected chi connectivity index (χ4v) is 2.02. The minimum Gasteiger partial charge on any atom is -1.00 e. The summed E-state index contributed by atoms with van der Waals surface area (Å²) in [5, 5.41) is 3.09. The summed E-state index contributed by atoms with van der Waals surface area (Å²) in [5.74, 6) is 0.726. The molecule has 0 fully saturated rings. The molecule has 0 bridgehead atoms. The van der Waals surface area contributed by atoms with Gasteiger partial charge >= 0.3 is 5.95 Å². The average Bonchev–Trinajstić information content (AvgIpc) is 2.44. The molecule has 1 heterocycles. The summed E-state index contributed by atoms with van der Waals surface area (Å²) < 4.78 is 1.76. The summed E-state index contributed by atoms with van der Waals surface area (Å²) in [6.07, 6.45) is 0. The number of nitrogens with zero attached hydrogens (tertiary/aromatic N) is 2. The van der Waals surface area contributed by atoms with Crippen molar-refractivity contribution in [3.8, 4) is 0 Å². The molecule has 2 aromatic rings. The van der Waals surface area contributed by atoms with E-state index < -0.39 is 0 Å². The molecule has 0 saturated heterocycles. The largest absolute Gasteiger partial charge is 1.00 e. The number of nitrogens with one attached hydrogen (secondary N) is 1. The molecule has 0 unspecified atom stereocenters. The third-order valence-corrected chi connectivity index (χ3v) is 3.47. The van der Waals surface area contributed by atoms with Crippen LogP contribution in [0.25, 0.3) is 0 Å². The number of nitrogens with two attached hydrogens (primary N) is 1. The van der Waals surface area contributed by atoms with Gasteiger partial charge in [-0.3, -0.25) is 15.3 Å². The fourth-order valence-electron chi connectivity index (χ4n) is 2.02. The zero-order valence-electron chi connectivity index (χ0n) is 13.5. The van der Waals surface area contributed by atoms with Gasteiger partial charge in [-0.15, -0.1) is 0 Å². The minimum atomic E-state index is -0.103. The van der Waals surface area contributed by atoms with Crippen LogP contribution in [0.5, 0.6) is 0 Å². The summed E-state index contributed by atoms with van der Waals surface area (Å²) in [6, 6.07) is 6.81. The zero-order valence-corrected chi connectivity index (χ0v) is 15.6. The van der Waals surface area contributed by atoms with Gasteiger partial charge in [0.1, 0.15) is 0 Å². The number of rotatable bonds is 4. The molecular formula is C16H19IN4O2. The number of carbonyl (C=O) groups is 2. The minimum absolute atomic E-state index is 0. The number of ketones is 2. The first-order valence-electron chi connectivity index (χ1n) is 6.85. The van der Waals surface area contributed by atoms with Gasteiger partial charge in [0.2, 0.25) is 5.82 Å². The topological polar surface area (TPSA) is 89.0 Å². The van der Waals surface area contributed by atoms with Crippen LogP contribution in [-0.2, 0) is 7.05 Å². The molecule has 0 amide bonds. The standard InChI is InChI=1S/C16H18N4O2.HI/c1-9-5-15(19-16(17)20(9)4)18-14-7-12(10(2)21)6-13(8-14)11(3)22;/h5-8H,1-4H3,(H2,17,18,19);1H. The van der Waals surface area contributed by atoms with Crippen molar-refractivity contribution in [2.45, 2.75) is 20.8 Å². The highest BCUT2D eigenvalue weighted by molar-refractivity contribution is 6.01. The molecule has 0 aliphatic rings. The van der Waals surface area contributed by atoms with Crippen LogP contribution in [0.15, 0.2) is 24.3 Å². The van der Waals surface area contributed by atoms with Crippen LogP contribution in [-0.4, -0.2) is 16.6 Å². The highest BCUT2D eigenvalue weighted by atomic mass is 127. The lowest BCUT2D eigenvalue weighted by molar-refractivity contribution is -0.665. The second kappa shape index (κ2) is 7.49. The van der Waals surface area contributed by atoms with Gasteiger partial charge in [0.25, 0.3) is 0 Å². The first-order valence-corrected chi connectivity index (χ1v) is 6.85. The van der Waals surface area contributed by atoms with Crippen molar-refractivity contribution in [2.75, 3.05) is 11.1 Å². The normalized spacial score (nSPS) is 9.91. The Morgan fingerprint density at radius 1 is 1.09 bits per heavy atom. The molecule has 0 aliphatic heterocycles. The van der Waals surface area contributed by atoms with E-state index in [2.05, 4.69) is 10.3 Å². The van der Waals surface area contributed by atoms with Gasteiger partial charge in [-0.2, -0.15) is 0 Å². The Morgan fingerprint density at radius 3 is 2.04 bits per heavy atom. The predicted octanol–water partition coefficient (Wildman–Crippen LogP) is -1.05. The maximum Gasteiger partial charge on any atom is 0.391 e. The number of benzene rings is 1. The van der Waals surface area contributed by atoms with Gasteiger partial charge in [-0.05, 0) is 39.0 Å². The monoisotopic (exact) mass is 426 g/mol. The molecule has 0 saturated carbocycles. The molecule has 1 aromatic heterocycles. The summed E-state index contributed by atoms with van der Waals surface area (Å²) in [5.41, 5.74) is 8.34. The van der Waals surface area contributed by atoms with Gasteiger partial charge < -0.3 is 29.3 Å². The van der Waals surface area contributed by atoms with E-state index >= 15 is 0 Å². The number of nitrogen functional groups attached to an aromatic ring is 1. The molecule has 0 radical (unpaired) electrons. The Labute approximate surface area is 152 Å². The van der Waals surface area contributed by atoms with Gasteiger partial charge in [-0.1, -0.05) is 4.98 Å². The first kappa shape index (κ1) is 19.0. The first-order chi connectivity index (χ1) is 10.3. The van der Waals surface area contributed by atoms with E-state index in [1.54, 1.807) is 22.8 Å². The Morgan fingerprint density at radius 2 is 1.61 bits per heavy atom. The third kappa shape index (κ3) is 4.47. The lowest BCUT2D eigenvalue weighted by atomic mass is 10.0. The van der Waals surface area contributed by atoms with E-state index in [9.17, 15) is 9.59 Å². The molecule has 0 aliphatic carbocycles. The van der Waals surface area contributed by atoms with Crippen LogP contribution < -0.4 is 39.6 Å². The van der Waals surface area contributed by atoms with Crippen LogP contribution in [0.4, 0.5) is 17.5 Å². The Bertz CT molecular complexity index is 719. The number of halogens is 1. The molecular weight excluding hydrogens is 407 g/mol. The Kier molecular flexibility index (Phi) is 6.20. The maximum absolute atomic E-state index is 11.6. The highest BCUT2D eigenvalue weighted by Gasteiger charge is 2.12. The van der Waals surface area contributed by atoms with E-state index in [0.29, 0.717) is 28.6 Å². The number of carbonyl (C=O) groups excluding carboxylic acids is 2. The van der Waals surface area contributed by atoms with Crippen molar-refractivity contribution in [3.63, 3.8) is 0 Å². The molecule has 0 spiro atoms. The number of hydrogen-bond acceptors (Lipinski definition) is 5. The Hall–Kier alpha value is -2.03. The number of aromatic nitrogens is 2. The molecule has 0 atom stereocenters. The van der Waals surface area contributed by atoms with Crippen LogP contribution in [0.3, 0.4) is 0 Å². The zero-order chi connectivity index (χ0) is 16.4. The van der Waals surface area contributed by atoms with E-state index in [1.165, 1.54) is 13.8 Å². The van der Waals surface area contributed by atoms with Gasteiger partial charge in [-0.25, -0.2) is 4.57 Å². The quantitative estimate of drug-likeness (QED) is 0.370. The molecule has 7 heteroatoms. The third-order valence-electron chi connectivity index (χ3n) is 3.47. The lowest BCUT2D eigenvalue weighted by Crippen LogP contribution is -3.00. The second-order valence-corrected chi connectivity index (χ2v) is 5.24. The van der Waals surface area contributed by atoms with E-state index in [0.717, 1.165) is 5.69 Å². The SMILES string of the molecule is CC(=O)c1cc(Nc2cc(C)[n+](C)c(N)n2)cc(C(C)=O)c1.[I-]. The molecule has 2 rings (SSSR count). The predicted molar refractivity (Wildman–Crippen MR) is 84.3 cm³/mol. The van der Waals surface area contributed by atoms with E-state index in [1.807, 2.05) is 20.0 Å². The summed E-state index contributed by atoms with van der Waals surface area (Å²) in [6.45, 7) is 4.84. The fraction of sp³-hybridized carbons (Fsp3) is 0.250.